The largest absolute Gasteiger partial charge is 0.368 e. The van der Waals surface area contributed by atoms with Gasteiger partial charge in [0.25, 0.3) is 0 Å². The maximum absolute atomic E-state index is 14.9. The van der Waals surface area contributed by atoms with Crippen molar-refractivity contribution in [2.24, 2.45) is 5.92 Å². The molecule has 1 saturated carbocycles. The van der Waals surface area contributed by atoms with Gasteiger partial charge >= 0.3 is 0 Å². The molecule has 3 fully saturated rings. The Morgan fingerprint density at radius 1 is 1.02 bits per heavy atom. The standard InChI is InChI=1S/C33H43ClF2N4O2/c1-20-15-26(21(2)40(22(3)41)24-8-9-24)31(17-29(20)34)37-11-13-38(14-12-37)32(42)28-19-39(33(4,5)6)18-27(28)25-10-7-23(35)16-30(25)36/h7,10,15-17,21,24,27-28H,8-9,11-14,18-19H2,1-6H3. The van der Waals surface area contributed by atoms with Gasteiger partial charge in [0.2, 0.25) is 11.8 Å². The summed E-state index contributed by atoms with van der Waals surface area (Å²) in [5, 5.41) is 0.678. The highest BCUT2D eigenvalue weighted by atomic mass is 35.5. The molecule has 1 aliphatic carbocycles. The fraction of sp³-hybridized carbons (Fsp3) is 0.576. The zero-order valence-corrected chi connectivity index (χ0v) is 26.3. The van der Waals surface area contributed by atoms with Crippen molar-refractivity contribution in [1.82, 2.24) is 14.7 Å². The molecule has 3 aliphatic rings. The van der Waals surface area contributed by atoms with Crippen molar-refractivity contribution in [2.75, 3.05) is 44.2 Å². The first kappa shape index (κ1) is 30.7. The van der Waals surface area contributed by atoms with Crippen LogP contribution >= 0.6 is 11.6 Å². The third kappa shape index (κ3) is 6.16. The first-order valence-corrected chi connectivity index (χ1v) is 15.5. The van der Waals surface area contributed by atoms with E-state index in [4.69, 9.17) is 11.6 Å². The van der Waals surface area contributed by atoms with E-state index in [2.05, 4.69) is 43.6 Å². The Labute approximate surface area is 253 Å². The normalized spacial score (nSPS) is 22.4. The molecule has 0 bridgehead atoms. The van der Waals surface area contributed by atoms with Gasteiger partial charge < -0.3 is 14.7 Å². The molecule has 6 nitrogen and oxygen atoms in total. The molecule has 0 aromatic heterocycles. The van der Waals surface area contributed by atoms with Crippen LogP contribution in [0.5, 0.6) is 0 Å². The minimum absolute atomic E-state index is 0.0159. The van der Waals surface area contributed by atoms with Gasteiger partial charge in [-0.05, 0) is 76.3 Å². The summed E-state index contributed by atoms with van der Waals surface area (Å²) in [6.07, 6.45) is 2.06. The van der Waals surface area contributed by atoms with E-state index in [1.807, 2.05) is 22.8 Å². The van der Waals surface area contributed by atoms with Crippen LogP contribution in [0.25, 0.3) is 0 Å². The van der Waals surface area contributed by atoms with Gasteiger partial charge in [-0.3, -0.25) is 14.5 Å². The van der Waals surface area contributed by atoms with Crippen molar-refractivity contribution < 1.29 is 18.4 Å². The van der Waals surface area contributed by atoms with Crippen LogP contribution in [-0.2, 0) is 9.59 Å². The topological polar surface area (TPSA) is 47.1 Å². The second kappa shape index (κ2) is 11.8. The molecular formula is C33H43ClF2N4O2. The zero-order valence-electron chi connectivity index (χ0n) is 25.6. The van der Waals surface area contributed by atoms with Gasteiger partial charge in [0.1, 0.15) is 11.6 Å². The SMILES string of the molecule is CC(=O)N(C1CC1)C(C)c1cc(C)c(Cl)cc1N1CCN(C(=O)C2CN(C(C)(C)C)CC2c2ccc(F)cc2F)CC1. The number of carbonyl (C=O) groups excluding carboxylic acids is 2. The van der Waals surface area contributed by atoms with Crippen LogP contribution in [0.2, 0.25) is 5.02 Å². The number of amides is 2. The Bertz CT molecular complexity index is 1350. The van der Waals surface area contributed by atoms with Crippen molar-refractivity contribution >= 4 is 29.1 Å². The molecule has 0 N–H and O–H groups in total. The Morgan fingerprint density at radius 2 is 1.69 bits per heavy atom. The van der Waals surface area contributed by atoms with E-state index in [1.165, 1.54) is 12.1 Å². The molecule has 2 aromatic carbocycles. The number of hydrogen-bond donors (Lipinski definition) is 0. The summed E-state index contributed by atoms with van der Waals surface area (Å²) in [5.41, 5.74) is 3.26. The van der Waals surface area contributed by atoms with Crippen LogP contribution in [0.4, 0.5) is 14.5 Å². The molecule has 2 heterocycles. The lowest BCUT2D eigenvalue weighted by molar-refractivity contribution is -0.136. The third-order valence-electron chi connectivity index (χ3n) is 9.36. The number of piperazine rings is 1. The molecule has 3 atom stereocenters. The van der Waals surface area contributed by atoms with Crippen LogP contribution in [0.1, 0.15) is 76.1 Å². The minimum atomic E-state index is -0.616. The van der Waals surface area contributed by atoms with E-state index in [0.717, 1.165) is 35.7 Å². The first-order valence-electron chi connectivity index (χ1n) is 15.1. The quantitative estimate of drug-likeness (QED) is 0.398. The molecule has 2 saturated heterocycles. The average Bonchev–Trinajstić information content (AvgIpc) is 3.64. The molecule has 2 amide bonds. The van der Waals surface area contributed by atoms with Gasteiger partial charge in [-0.25, -0.2) is 8.78 Å². The van der Waals surface area contributed by atoms with Crippen LogP contribution in [0, 0.1) is 24.5 Å². The van der Waals surface area contributed by atoms with E-state index in [-0.39, 0.29) is 35.4 Å². The van der Waals surface area contributed by atoms with Gasteiger partial charge in [-0.1, -0.05) is 23.7 Å². The molecular weight excluding hydrogens is 558 g/mol. The molecule has 5 rings (SSSR count). The van der Waals surface area contributed by atoms with E-state index in [9.17, 15) is 18.4 Å². The van der Waals surface area contributed by atoms with Crippen LogP contribution < -0.4 is 4.90 Å². The Kier molecular flexibility index (Phi) is 8.61. The summed E-state index contributed by atoms with van der Waals surface area (Å²) >= 11 is 6.61. The maximum atomic E-state index is 14.9. The van der Waals surface area contributed by atoms with Crippen molar-refractivity contribution in [2.45, 2.75) is 77.9 Å². The summed E-state index contributed by atoms with van der Waals surface area (Å²) < 4.78 is 28.7. The maximum Gasteiger partial charge on any atom is 0.227 e. The number of benzene rings is 2. The number of rotatable bonds is 6. The lowest BCUT2D eigenvalue weighted by Gasteiger charge is -2.40. The van der Waals surface area contributed by atoms with Crippen LogP contribution in [0.3, 0.4) is 0 Å². The van der Waals surface area contributed by atoms with Crippen molar-refractivity contribution in [3.8, 4) is 0 Å². The smallest absolute Gasteiger partial charge is 0.227 e. The summed E-state index contributed by atoms with van der Waals surface area (Å²) in [6.45, 7) is 15.4. The summed E-state index contributed by atoms with van der Waals surface area (Å²) in [5.74, 6) is -1.88. The van der Waals surface area contributed by atoms with Gasteiger partial charge in [-0.15, -0.1) is 0 Å². The molecule has 9 heteroatoms. The van der Waals surface area contributed by atoms with Crippen LogP contribution in [-0.4, -0.2) is 77.4 Å². The van der Waals surface area contributed by atoms with Gasteiger partial charge in [0, 0.05) is 80.5 Å². The van der Waals surface area contributed by atoms with E-state index in [1.54, 1.807) is 6.92 Å². The van der Waals surface area contributed by atoms with Gasteiger partial charge in [0.15, 0.2) is 0 Å². The number of anilines is 1. The lowest BCUT2D eigenvalue weighted by Crippen LogP contribution is -2.51. The molecule has 0 radical (unpaired) electrons. The van der Waals surface area contributed by atoms with Crippen molar-refractivity contribution in [3.05, 3.63) is 63.7 Å². The highest BCUT2D eigenvalue weighted by Crippen LogP contribution is 2.41. The molecule has 0 spiro atoms. The Balaban J connectivity index is 1.35. The second-order valence-electron chi connectivity index (χ2n) is 13.3. The fourth-order valence-electron chi connectivity index (χ4n) is 6.77. The molecule has 42 heavy (non-hydrogen) atoms. The second-order valence-corrected chi connectivity index (χ2v) is 13.7. The first-order chi connectivity index (χ1) is 19.8. The third-order valence-corrected chi connectivity index (χ3v) is 9.77. The van der Waals surface area contributed by atoms with Gasteiger partial charge in [0.05, 0.1) is 12.0 Å². The fourth-order valence-corrected chi connectivity index (χ4v) is 6.93. The van der Waals surface area contributed by atoms with E-state index >= 15 is 0 Å². The highest BCUT2D eigenvalue weighted by molar-refractivity contribution is 6.31. The summed E-state index contributed by atoms with van der Waals surface area (Å²) in [6, 6.07) is 7.98. The Morgan fingerprint density at radius 3 is 2.26 bits per heavy atom. The molecule has 3 unspecified atom stereocenters. The summed E-state index contributed by atoms with van der Waals surface area (Å²) in [4.78, 5) is 35.0. The predicted molar refractivity (Wildman–Crippen MR) is 163 cm³/mol. The summed E-state index contributed by atoms with van der Waals surface area (Å²) in [7, 11) is 0. The number of nitrogens with zero attached hydrogens (tertiary/aromatic N) is 4. The molecule has 2 aliphatic heterocycles. The van der Waals surface area contributed by atoms with E-state index < -0.39 is 17.6 Å². The lowest BCUT2D eigenvalue weighted by atomic mass is 9.87. The van der Waals surface area contributed by atoms with E-state index in [0.29, 0.717) is 49.9 Å². The number of halogens is 3. The molecule has 228 valence electrons. The number of aryl methyl sites for hydroxylation is 1. The number of hydrogen-bond acceptors (Lipinski definition) is 4. The van der Waals surface area contributed by atoms with Gasteiger partial charge in [-0.2, -0.15) is 0 Å². The monoisotopic (exact) mass is 600 g/mol. The number of carbonyl (C=O) groups is 2. The average molecular weight is 601 g/mol. The van der Waals surface area contributed by atoms with Crippen molar-refractivity contribution in [3.63, 3.8) is 0 Å². The van der Waals surface area contributed by atoms with Crippen molar-refractivity contribution in [1.29, 1.82) is 0 Å². The highest BCUT2D eigenvalue weighted by Gasteiger charge is 2.45. The molecule has 2 aromatic rings. The zero-order chi connectivity index (χ0) is 30.5. The Hall–Kier alpha value is -2.71. The predicted octanol–water partition coefficient (Wildman–Crippen LogP) is 6.16. The van der Waals surface area contributed by atoms with Crippen LogP contribution in [0.15, 0.2) is 30.3 Å². The minimum Gasteiger partial charge on any atom is -0.368 e. The number of likely N-dealkylation sites (tertiary alicyclic amines) is 1.